The second kappa shape index (κ2) is 10.5. The Balaban J connectivity index is 1.53. The van der Waals surface area contributed by atoms with Crippen molar-refractivity contribution < 1.29 is 9.37 Å². The number of ketones is 1. The number of hydrogen-bond acceptors (Lipinski definition) is 3. The fourth-order valence-corrected chi connectivity index (χ4v) is 4.56. The number of fused-ring (bicyclic) bond motifs is 3. The zero-order valence-electron chi connectivity index (χ0n) is 21.6. The average Bonchev–Trinajstić information content (AvgIpc) is 2.84. The molecular formula is C31H36N3O+. The van der Waals surface area contributed by atoms with Gasteiger partial charge in [-0.3, -0.25) is 14.8 Å². The lowest BCUT2D eigenvalue weighted by molar-refractivity contribution is -0.559. The Morgan fingerprint density at radius 1 is 0.971 bits per heavy atom. The highest BCUT2D eigenvalue weighted by atomic mass is 16.1. The van der Waals surface area contributed by atoms with Crippen LogP contribution in [0.3, 0.4) is 0 Å². The topological polar surface area (TPSA) is 45.9 Å². The van der Waals surface area contributed by atoms with Crippen molar-refractivity contribution in [3.05, 3.63) is 82.7 Å². The SMILES string of the molecule is C=[N+](CCC(C)=O)C(C)c1ccc(CCc2cnc3c(C(C)C)nc4cc(C)ccc4c3c2)cc1. The van der Waals surface area contributed by atoms with Gasteiger partial charge in [-0.05, 0) is 61.4 Å². The molecule has 0 spiro atoms. The molecule has 1 unspecified atom stereocenters. The molecule has 0 saturated heterocycles. The highest BCUT2D eigenvalue weighted by molar-refractivity contribution is 6.05. The molecule has 0 aliphatic heterocycles. The summed E-state index contributed by atoms with van der Waals surface area (Å²) in [6, 6.07) is 17.8. The summed E-state index contributed by atoms with van der Waals surface area (Å²) in [6.07, 6.45) is 4.45. The molecule has 4 nitrogen and oxygen atoms in total. The molecule has 0 amide bonds. The fourth-order valence-electron chi connectivity index (χ4n) is 4.56. The van der Waals surface area contributed by atoms with Crippen molar-refractivity contribution in [2.45, 2.75) is 65.8 Å². The average molecular weight is 467 g/mol. The monoisotopic (exact) mass is 466 g/mol. The molecule has 2 heterocycles. The first kappa shape index (κ1) is 24.7. The Morgan fingerprint density at radius 3 is 2.37 bits per heavy atom. The van der Waals surface area contributed by atoms with E-state index in [-0.39, 0.29) is 11.8 Å². The summed E-state index contributed by atoms with van der Waals surface area (Å²) in [4.78, 5) is 21.1. The quantitative estimate of drug-likeness (QED) is 0.156. The number of benzene rings is 2. The predicted octanol–water partition coefficient (Wildman–Crippen LogP) is 6.75. The van der Waals surface area contributed by atoms with E-state index < -0.39 is 0 Å². The summed E-state index contributed by atoms with van der Waals surface area (Å²) in [5, 5.41) is 2.37. The maximum atomic E-state index is 11.3. The third-order valence-electron chi connectivity index (χ3n) is 6.88. The maximum Gasteiger partial charge on any atom is 0.174 e. The van der Waals surface area contributed by atoms with E-state index in [1.165, 1.54) is 33.0 Å². The van der Waals surface area contributed by atoms with Gasteiger partial charge in [-0.15, -0.1) is 0 Å². The maximum absolute atomic E-state index is 11.3. The van der Waals surface area contributed by atoms with E-state index in [4.69, 9.17) is 9.97 Å². The first-order valence-electron chi connectivity index (χ1n) is 12.6. The van der Waals surface area contributed by atoms with Gasteiger partial charge in [-0.2, -0.15) is 0 Å². The van der Waals surface area contributed by atoms with Gasteiger partial charge in [-0.25, -0.2) is 4.58 Å². The van der Waals surface area contributed by atoms with Crippen LogP contribution in [0.1, 0.15) is 74.0 Å². The molecule has 2 aromatic heterocycles. The number of rotatable bonds is 9. The molecular weight excluding hydrogens is 430 g/mol. The van der Waals surface area contributed by atoms with E-state index in [0.29, 0.717) is 18.9 Å². The van der Waals surface area contributed by atoms with Crippen molar-refractivity contribution in [1.82, 2.24) is 9.97 Å². The third kappa shape index (κ3) is 5.64. The number of pyridine rings is 2. The summed E-state index contributed by atoms with van der Waals surface area (Å²) in [5.41, 5.74) is 8.12. The standard InChI is InChI=1S/C31H36N3O/c1-20(2)30-31-28(27-14-7-21(3)17-29(27)33-30)18-25(19-32-31)9-8-24-10-12-26(13-11-24)23(5)34(6)16-15-22(4)35/h7,10-14,17-20,23H,6,8-9,15-16H2,1-5H3/q+1. The molecule has 2 aromatic carbocycles. The van der Waals surface area contributed by atoms with E-state index in [1.807, 2.05) is 10.8 Å². The minimum atomic E-state index is 0.175. The van der Waals surface area contributed by atoms with Crippen molar-refractivity contribution in [3.63, 3.8) is 0 Å². The first-order valence-corrected chi connectivity index (χ1v) is 12.6. The van der Waals surface area contributed by atoms with Crippen LogP contribution in [-0.4, -0.2) is 33.6 Å². The van der Waals surface area contributed by atoms with E-state index >= 15 is 0 Å². The molecule has 0 radical (unpaired) electrons. The Morgan fingerprint density at radius 2 is 1.69 bits per heavy atom. The summed E-state index contributed by atoms with van der Waals surface area (Å²) in [5.74, 6) is 0.516. The number of aryl methyl sites for hydroxylation is 3. The smallest absolute Gasteiger partial charge is 0.174 e. The lowest BCUT2D eigenvalue weighted by Gasteiger charge is -2.13. The molecule has 0 fully saturated rings. The number of carbonyl (C=O) groups excluding carboxylic acids is 1. The Kier molecular flexibility index (Phi) is 7.39. The van der Waals surface area contributed by atoms with Gasteiger partial charge in [0.05, 0.1) is 23.1 Å². The van der Waals surface area contributed by atoms with Crippen LogP contribution in [0.2, 0.25) is 0 Å². The van der Waals surface area contributed by atoms with Crippen LogP contribution in [-0.2, 0) is 17.6 Å². The van der Waals surface area contributed by atoms with Gasteiger partial charge in [0.1, 0.15) is 19.0 Å². The van der Waals surface area contributed by atoms with Crippen LogP contribution in [0.15, 0.2) is 54.7 Å². The molecule has 0 bridgehead atoms. The van der Waals surface area contributed by atoms with Crippen LogP contribution < -0.4 is 0 Å². The van der Waals surface area contributed by atoms with Gasteiger partial charge >= 0.3 is 0 Å². The van der Waals surface area contributed by atoms with Crippen molar-refractivity contribution in [2.75, 3.05) is 6.54 Å². The number of nitrogens with zero attached hydrogens (tertiary/aromatic N) is 3. The summed E-state index contributed by atoms with van der Waals surface area (Å²) in [7, 11) is 0. The van der Waals surface area contributed by atoms with Crippen molar-refractivity contribution >= 4 is 34.3 Å². The second-order valence-corrected chi connectivity index (χ2v) is 10.1. The molecule has 4 heteroatoms. The normalized spacial score (nSPS) is 12.4. The molecule has 0 aliphatic rings. The molecule has 4 rings (SSSR count). The molecule has 0 N–H and O–H groups in total. The van der Waals surface area contributed by atoms with Crippen LogP contribution in [0, 0.1) is 6.92 Å². The molecule has 1 atom stereocenters. The Hall–Kier alpha value is -3.40. The number of carbonyl (C=O) groups is 1. The van der Waals surface area contributed by atoms with Crippen LogP contribution in [0.5, 0.6) is 0 Å². The van der Waals surface area contributed by atoms with Crippen LogP contribution in [0.4, 0.5) is 0 Å². The molecule has 0 aliphatic carbocycles. The van der Waals surface area contributed by atoms with E-state index in [1.54, 1.807) is 6.92 Å². The number of hydrogen-bond donors (Lipinski definition) is 0. The van der Waals surface area contributed by atoms with Gasteiger partial charge in [0.25, 0.3) is 0 Å². The van der Waals surface area contributed by atoms with E-state index in [9.17, 15) is 4.79 Å². The zero-order chi connectivity index (χ0) is 25.1. The predicted molar refractivity (Wildman–Crippen MR) is 146 cm³/mol. The zero-order valence-corrected chi connectivity index (χ0v) is 21.6. The highest BCUT2D eigenvalue weighted by Gasteiger charge is 2.16. The van der Waals surface area contributed by atoms with E-state index in [0.717, 1.165) is 29.6 Å². The lowest BCUT2D eigenvalue weighted by Crippen LogP contribution is -2.17. The van der Waals surface area contributed by atoms with Gasteiger partial charge in [0.2, 0.25) is 0 Å². The number of Topliss-reactive ketones (excluding diaryl/α,β-unsaturated/α-hetero) is 1. The van der Waals surface area contributed by atoms with Gasteiger partial charge in [0.15, 0.2) is 6.04 Å². The minimum absolute atomic E-state index is 0.175. The summed E-state index contributed by atoms with van der Waals surface area (Å²) >= 11 is 0. The van der Waals surface area contributed by atoms with Crippen molar-refractivity contribution in [1.29, 1.82) is 0 Å². The summed E-state index contributed by atoms with van der Waals surface area (Å²) in [6.45, 7) is 15.0. The Labute approximate surface area is 208 Å². The second-order valence-electron chi connectivity index (χ2n) is 10.1. The number of aromatic nitrogens is 2. The summed E-state index contributed by atoms with van der Waals surface area (Å²) < 4.78 is 1.99. The van der Waals surface area contributed by atoms with E-state index in [2.05, 4.69) is 82.9 Å². The lowest BCUT2D eigenvalue weighted by atomic mass is 9.98. The van der Waals surface area contributed by atoms with Gasteiger partial charge in [0, 0.05) is 29.5 Å². The molecule has 4 aromatic rings. The van der Waals surface area contributed by atoms with Gasteiger partial charge < -0.3 is 0 Å². The third-order valence-corrected chi connectivity index (χ3v) is 6.88. The minimum Gasteiger partial charge on any atom is -0.300 e. The van der Waals surface area contributed by atoms with Crippen LogP contribution in [0.25, 0.3) is 21.8 Å². The largest absolute Gasteiger partial charge is 0.300 e. The highest BCUT2D eigenvalue weighted by Crippen LogP contribution is 2.30. The van der Waals surface area contributed by atoms with Crippen LogP contribution >= 0.6 is 0 Å². The molecule has 35 heavy (non-hydrogen) atoms. The first-order chi connectivity index (χ1) is 16.7. The van der Waals surface area contributed by atoms with Gasteiger partial charge in [-0.1, -0.05) is 50.2 Å². The van der Waals surface area contributed by atoms with Crippen molar-refractivity contribution in [2.24, 2.45) is 0 Å². The van der Waals surface area contributed by atoms with Crippen molar-refractivity contribution in [3.8, 4) is 0 Å². The fraction of sp³-hybridized carbons (Fsp3) is 0.355. The molecule has 180 valence electrons. The Bertz CT molecular complexity index is 1390. The molecule has 0 saturated carbocycles.